The highest BCUT2D eigenvalue weighted by atomic mass is 16.5. The normalized spacial score (nSPS) is 10.3. The molecular formula is C14H15NO6. The van der Waals surface area contributed by atoms with Crippen molar-refractivity contribution in [3.8, 4) is 11.5 Å². The van der Waals surface area contributed by atoms with Crippen LogP contribution < -0.4 is 9.47 Å². The number of hydrogen-bond donors (Lipinski definition) is 1. The summed E-state index contributed by atoms with van der Waals surface area (Å²) in [5, 5.41) is 0.436. The van der Waals surface area contributed by atoms with Crippen molar-refractivity contribution in [3.05, 3.63) is 23.4 Å². The molecule has 1 aromatic heterocycles. The Labute approximate surface area is 120 Å². The number of fused-ring (bicyclic) bond motifs is 1. The maximum Gasteiger partial charge on any atom is 0.355 e. The predicted molar refractivity (Wildman–Crippen MR) is 74.1 cm³/mol. The van der Waals surface area contributed by atoms with Gasteiger partial charge < -0.3 is 23.9 Å². The minimum absolute atomic E-state index is 0.00547. The number of nitrogens with one attached hydrogen (secondary N) is 1. The largest absolute Gasteiger partial charge is 0.497 e. The number of esters is 2. The van der Waals surface area contributed by atoms with Crippen LogP contribution in [0.15, 0.2) is 12.1 Å². The van der Waals surface area contributed by atoms with E-state index in [9.17, 15) is 9.59 Å². The lowest BCUT2D eigenvalue weighted by Gasteiger charge is -2.07. The van der Waals surface area contributed by atoms with Gasteiger partial charge in [-0.2, -0.15) is 0 Å². The molecule has 2 rings (SSSR count). The summed E-state index contributed by atoms with van der Waals surface area (Å²) in [5.41, 5.74) is 0.580. The minimum Gasteiger partial charge on any atom is -0.497 e. The Kier molecular flexibility index (Phi) is 4.02. The van der Waals surface area contributed by atoms with E-state index >= 15 is 0 Å². The third-order valence-electron chi connectivity index (χ3n) is 3.07. The fraction of sp³-hybridized carbons (Fsp3) is 0.286. The van der Waals surface area contributed by atoms with Gasteiger partial charge in [-0.1, -0.05) is 0 Å². The van der Waals surface area contributed by atoms with Crippen LogP contribution in [0, 0.1) is 0 Å². The van der Waals surface area contributed by atoms with Gasteiger partial charge in [0.1, 0.15) is 22.8 Å². The van der Waals surface area contributed by atoms with Crippen LogP contribution in [0.1, 0.15) is 20.8 Å². The van der Waals surface area contributed by atoms with E-state index in [1.807, 2.05) is 0 Å². The molecule has 0 unspecified atom stereocenters. The fourth-order valence-electron chi connectivity index (χ4n) is 2.11. The number of methoxy groups -OCH3 is 4. The predicted octanol–water partition coefficient (Wildman–Crippen LogP) is 1.76. The summed E-state index contributed by atoms with van der Waals surface area (Å²) in [6, 6.07) is 3.26. The molecule has 0 fully saturated rings. The zero-order valence-electron chi connectivity index (χ0n) is 12.1. The second-order valence-electron chi connectivity index (χ2n) is 4.11. The van der Waals surface area contributed by atoms with E-state index < -0.39 is 11.9 Å². The number of benzene rings is 1. The molecule has 0 atom stereocenters. The summed E-state index contributed by atoms with van der Waals surface area (Å²) in [4.78, 5) is 26.7. The van der Waals surface area contributed by atoms with Crippen LogP contribution in [-0.4, -0.2) is 45.4 Å². The molecule has 112 valence electrons. The zero-order valence-corrected chi connectivity index (χ0v) is 12.1. The first-order chi connectivity index (χ1) is 10.1. The lowest BCUT2D eigenvalue weighted by Crippen LogP contribution is -2.10. The maximum absolute atomic E-state index is 12.0. The van der Waals surface area contributed by atoms with Crippen LogP contribution in [0.3, 0.4) is 0 Å². The van der Waals surface area contributed by atoms with Crippen molar-refractivity contribution in [1.82, 2.24) is 4.98 Å². The quantitative estimate of drug-likeness (QED) is 0.864. The summed E-state index contributed by atoms with van der Waals surface area (Å²) >= 11 is 0. The van der Waals surface area contributed by atoms with Crippen molar-refractivity contribution < 1.29 is 28.5 Å². The molecule has 1 N–H and O–H groups in total. The van der Waals surface area contributed by atoms with E-state index in [0.29, 0.717) is 22.4 Å². The van der Waals surface area contributed by atoms with Gasteiger partial charge in [0.25, 0.3) is 0 Å². The molecule has 7 nitrogen and oxygen atoms in total. The van der Waals surface area contributed by atoms with Crippen molar-refractivity contribution in [2.24, 2.45) is 0 Å². The Morgan fingerprint density at radius 2 is 1.62 bits per heavy atom. The number of carbonyl (C=O) groups is 2. The fourth-order valence-corrected chi connectivity index (χ4v) is 2.11. The lowest BCUT2D eigenvalue weighted by atomic mass is 10.1. The average molecular weight is 293 g/mol. The molecule has 1 heterocycles. The van der Waals surface area contributed by atoms with E-state index in [-0.39, 0.29) is 11.3 Å². The third-order valence-corrected chi connectivity index (χ3v) is 3.07. The van der Waals surface area contributed by atoms with Gasteiger partial charge in [0, 0.05) is 12.1 Å². The lowest BCUT2D eigenvalue weighted by molar-refractivity contribution is 0.0553. The Morgan fingerprint density at radius 3 is 2.14 bits per heavy atom. The SMILES string of the molecule is COC(=O)c1[nH]c2cc(OC)cc(OC)c2c1C(=O)OC. The topological polar surface area (TPSA) is 86.9 Å². The Morgan fingerprint density at radius 1 is 0.952 bits per heavy atom. The molecule has 0 spiro atoms. The molecule has 0 bridgehead atoms. The molecule has 0 saturated carbocycles. The molecule has 2 aromatic rings. The number of ether oxygens (including phenoxy) is 4. The van der Waals surface area contributed by atoms with E-state index in [0.717, 1.165) is 0 Å². The molecule has 0 amide bonds. The van der Waals surface area contributed by atoms with Crippen LogP contribution >= 0.6 is 0 Å². The van der Waals surface area contributed by atoms with Crippen molar-refractivity contribution in [2.45, 2.75) is 0 Å². The van der Waals surface area contributed by atoms with Crippen LogP contribution in [0.4, 0.5) is 0 Å². The molecule has 0 aliphatic carbocycles. The number of hydrogen-bond acceptors (Lipinski definition) is 6. The van der Waals surface area contributed by atoms with Gasteiger partial charge in [-0.15, -0.1) is 0 Å². The summed E-state index contributed by atoms with van der Waals surface area (Å²) < 4.78 is 19.8. The highest BCUT2D eigenvalue weighted by molar-refractivity contribution is 6.14. The number of aromatic amines is 1. The first kappa shape index (κ1) is 14.7. The van der Waals surface area contributed by atoms with E-state index in [2.05, 4.69) is 9.72 Å². The highest BCUT2D eigenvalue weighted by Crippen LogP contribution is 2.35. The van der Waals surface area contributed by atoms with Gasteiger partial charge in [-0.25, -0.2) is 9.59 Å². The highest BCUT2D eigenvalue weighted by Gasteiger charge is 2.27. The van der Waals surface area contributed by atoms with Crippen LogP contribution in [0.5, 0.6) is 11.5 Å². The van der Waals surface area contributed by atoms with Gasteiger partial charge in [0.15, 0.2) is 0 Å². The van der Waals surface area contributed by atoms with E-state index in [4.69, 9.17) is 14.2 Å². The minimum atomic E-state index is -0.674. The first-order valence-corrected chi connectivity index (χ1v) is 6.01. The van der Waals surface area contributed by atoms with Gasteiger partial charge in [0.2, 0.25) is 0 Å². The van der Waals surface area contributed by atoms with Crippen molar-refractivity contribution in [2.75, 3.05) is 28.4 Å². The number of rotatable bonds is 4. The monoisotopic (exact) mass is 293 g/mol. The van der Waals surface area contributed by atoms with Gasteiger partial charge >= 0.3 is 11.9 Å². The van der Waals surface area contributed by atoms with Crippen LogP contribution in [0.2, 0.25) is 0 Å². The Hall–Kier alpha value is -2.70. The summed E-state index contributed by atoms with van der Waals surface area (Å²) in [5.74, 6) is -0.428. The number of H-pyrrole nitrogens is 1. The van der Waals surface area contributed by atoms with Gasteiger partial charge in [-0.05, 0) is 0 Å². The summed E-state index contributed by atoms with van der Waals surface area (Å²) in [6.45, 7) is 0. The number of carbonyl (C=O) groups excluding carboxylic acids is 2. The molecule has 1 aromatic carbocycles. The zero-order chi connectivity index (χ0) is 15.6. The van der Waals surface area contributed by atoms with Crippen molar-refractivity contribution >= 4 is 22.8 Å². The molecule has 0 aliphatic heterocycles. The number of aromatic nitrogens is 1. The average Bonchev–Trinajstić information content (AvgIpc) is 2.91. The summed E-state index contributed by atoms with van der Waals surface area (Å²) in [7, 11) is 5.43. The third kappa shape index (κ3) is 2.37. The van der Waals surface area contributed by atoms with Crippen LogP contribution in [0.25, 0.3) is 10.9 Å². The van der Waals surface area contributed by atoms with Crippen molar-refractivity contribution in [3.63, 3.8) is 0 Å². The Balaban J connectivity index is 2.86. The van der Waals surface area contributed by atoms with E-state index in [1.165, 1.54) is 28.4 Å². The second-order valence-corrected chi connectivity index (χ2v) is 4.11. The Bertz CT molecular complexity index is 703. The molecule has 0 saturated heterocycles. The molecule has 0 aliphatic rings. The van der Waals surface area contributed by atoms with Gasteiger partial charge in [-0.3, -0.25) is 0 Å². The molecule has 7 heteroatoms. The molecular weight excluding hydrogens is 278 g/mol. The summed E-state index contributed by atoms with van der Waals surface area (Å²) in [6.07, 6.45) is 0. The molecule has 21 heavy (non-hydrogen) atoms. The van der Waals surface area contributed by atoms with Crippen LogP contribution in [-0.2, 0) is 9.47 Å². The van der Waals surface area contributed by atoms with Crippen molar-refractivity contribution in [1.29, 1.82) is 0 Å². The molecule has 0 radical (unpaired) electrons. The van der Waals surface area contributed by atoms with Gasteiger partial charge in [0.05, 0.1) is 39.3 Å². The maximum atomic E-state index is 12.0. The standard InChI is InChI=1S/C14H15NO6/c1-18-7-5-8-10(9(6-7)19-2)11(13(16)20-3)12(15-8)14(17)21-4/h5-6,15H,1-4H3. The smallest absolute Gasteiger partial charge is 0.355 e. The first-order valence-electron chi connectivity index (χ1n) is 6.01. The van der Waals surface area contributed by atoms with E-state index in [1.54, 1.807) is 12.1 Å². The second kappa shape index (κ2) is 5.74.